The van der Waals surface area contributed by atoms with Crippen LogP contribution in [0.4, 0.5) is 13.2 Å². The van der Waals surface area contributed by atoms with Gasteiger partial charge >= 0.3 is 6.18 Å². The van der Waals surface area contributed by atoms with Crippen molar-refractivity contribution in [3.8, 4) is 5.75 Å². The van der Waals surface area contributed by atoms with Gasteiger partial charge in [-0.05, 0) is 23.1 Å². The topological polar surface area (TPSA) is 46.2 Å². The summed E-state index contributed by atoms with van der Waals surface area (Å²) in [4.78, 5) is 0. The second kappa shape index (κ2) is 4.22. The Labute approximate surface area is 98.3 Å². The van der Waals surface area contributed by atoms with Crippen LogP contribution in [0.5, 0.6) is 5.75 Å². The SMILES string of the molecule is CC(C)(C)C(N)c1ccc(O)cc1C(F)(F)F. The molecule has 0 saturated heterocycles. The van der Waals surface area contributed by atoms with E-state index in [4.69, 9.17) is 10.8 Å². The van der Waals surface area contributed by atoms with E-state index in [1.807, 2.05) is 0 Å². The third kappa shape index (κ3) is 3.12. The molecule has 0 radical (unpaired) electrons. The highest BCUT2D eigenvalue weighted by atomic mass is 19.4. The molecule has 2 nitrogen and oxygen atoms in total. The van der Waals surface area contributed by atoms with Crippen molar-refractivity contribution in [2.45, 2.75) is 33.0 Å². The first-order chi connectivity index (χ1) is 7.53. The van der Waals surface area contributed by atoms with E-state index < -0.39 is 28.9 Å². The first-order valence-corrected chi connectivity index (χ1v) is 5.19. The average molecular weight is 247 g/mol. The van der Waals surface area contributed by atoms with Gasteiger partial charge in [0, 0.05) is 6.04 Å². The van der Waals surface area contributed by atoms with Crippen LogP contribution in [0.15, 0.2) is 18.2 Å². The highest BCUT2D eigenvalue weighted by Gasteiger charge is 2.37. The second-order valence-electron chi connectivity index (χ2n) is 5.11. The van der Waals surface area contributed by atoms with E-state index in [2.05, 4.69) is 0 Å². The monoisotopic (exact) mass is 247 g/mol. The van der Waals surface area contributed by atoms with Crippen LogP contribution in [0, 0.1) is 5.41 Å². The zero-order chi connectivity index (χ0) is 13.4. The van der Waals surface area contributed by atoms with Crippen LogP contribution in [0.1, 0.15) is 37.9 Å². The summed E-state index contributed by atoms with van der Waals surface area (Å²) in [7, 11) is 0. The minimum Gasteiger partial charge on any atom is -0.508 e. The number of alkyl halides is 3. The standard InChI is InChI=1S/C12H16F3NO/c1-11(2,3)10(16)8-5-4-7(17)6-9(8)12(13,14)15/h4-6,10,17H,16H2,1-3H3. The minimum atomic E-state index is -4.52. The fourth-order valence-electron chi connectivity index (χ4n) is 1.53. The smallest absolute Gasteiger partial charge is 0.416 e. The Balaban J connectivity index is 3.34. The van der Waals surface area contributed by atoms with Crippen LogP contribution in [0.2, 0.25) is 0 Å². The lowest BCUT2D eigenvalue weighted by Crippen LogP contribution is -2.28. The number of rotatable bonds is 1. The summed E-state index contributed by atoms with van der Waals surface area (Å²) < 4.78 is 38.4. The van der Waals surface area contributed by atoms with E-state index in [1.54, 1.807) is 20.8 Å². The van der Waals surface area contributed by atoms with Gasteiger partial charge in [-0.3, -0.25) is 0 Å². The molecule has 0 aromatic heterocycles. The highest BCUT2D eigenvalue weighted by molar-refractivity contribution is 5.39. The maximum atomic E-state index is 12.8. The predicted octanol–water partition coefficient (Wildman–Crippen LogP) is 3.46. The number of phenolic OH excluding ortho intramolecular Hbond substituents is 1. The summed E-state index contributed by atoms with van der Waals surface area (Å²) >= 11 is 0. The fraction of sp³-hybridized carbons (Fsp3) is 0.500. The predicted molar refractivity (Wildman–Crippen MR) is 59.5 cm³/mol. The number of hydrogen-bond donors (Lipinski definition) is 2. The lowest BCUT2D eigenvalue weighted by molar-refractivity contribution is -0.138. The molecule has 0 fully saturated rings. The van der Waals surface area contributed by atoms with Gasteiger partial charge in [-0.15, -0.1) is 0 Å². The maximum Gasteiger partial charge on any atom is 0.416 e. The number of nitrogens with two attached hydrogens (primary N) is 1. The summed E-state index contributed by atoms with van der Waals surface area (Å²) in [6.07, 6.45) is -4.52. The molecule has 5 heteroatoms. The maximum absolute atomic E-state index is 12.8. The number of benzene rings is 1. The van der Waals surface area contributed by atoms with Gasteiger partial charge in [-0.25, -0.2) is 0 Å². The van der Waals surface area contributed by atoms with Crippen molar-refractivity contribution in [1.82, 2.24) is 0 Å². The molecule has 0 heterocycles. The quantitative estimate of drug-likeness (QED) is 0.798. The summed E-state index contributed by atoms with van der Waals surface area (Å²) in [5.74, 6) is -0.415. The zero-order valence-corrected chi connectivity index (χ0v) is 9.97. The molecule has 3 N–H and O–H groups in total. The molecule has 0 bridgehead atoms. The first-order valence-electron chi connectivity index (χ1n) is 5.19. The largest absolute Gasteiger partial charge is 0.508 e. The Morgan fingerprint density at radius 2 is 1.71 bits per heavy atom. The molecule has 1 rings (SSSR count). The number of aromatic hydroxyl groups is 1. The van der Waals surface area contributed by atoms with Gasteiger partial charge in [0.25, 0.3) is 0 Å². The van der Waals surface area contributed by atoms with Gasteiger partial charge in [0.1, 0.15) is 5.75 Å². The van der Waals surface area contributed by atoms with Crippen molar-refractivity contribution in [2.75, 3.05) is 0 Å². The first kappa shape index (κ1) is 13.8. The van der Waals surface area contributed by atoms with Gasteiger partial charge in [0.05, 0.1) is 5.56 Å². The van der Waals surface area contributed by atoms with E-state index in [0.717, 1.165) is 0 Å². The summed E-state index contributed by atoms with van der Waals surface area (Å²) in [5.41, 5.74) is 4.48. The third-order valence-electron chi connectivity index (χ3n) is 2.61. The Bertz CT molecular complexity index is 407. The van der Waals surface area contributed by atoms with Crippen LogP contribution in [-0.4, -0.2) is 5.11 Å². The van der Waals surface area contributed by atoms with Crippen molar-refractivity contribution in [2.24, 2.45) is 11.1 Å². The fourth-order valence-corrected chi connectivity index (χ4v) is 1.53. The van der Waals surface area contributed by atoms with Gasteiger partial charge < -0.3 is 10.8 Å². The van der Waals surface area contributed by atoms with Crippen LogP contribution >= 0.6 is 0 Å². The van der Waals surface area contributed by atoms with Gasteiger partial charge in [0.15, 0.2) is 0 Å². The molecule has 0 aliphatic rings. The number of halogens is 3. The van der Waals surface area contributed by atoms with Gasteiger partial charge in [-0.1, -0.05) is 26.8 Å². The average Bonchev–Trinajstić information content (AvgIpc) is 2.14. The highest BCUT2D eigenvalue weighted by Crippen LogP contribution is 2.40. The molecule has 0 aliphatic carbocycles. The zero-order valence-electron chi connectivity index (χ0n) is 9.97. The summed E-state index contributed by atoms with van der Waals surface area (Å²) in [6, 6.07) is 2.41. The lowest BCUT2D eigenvalue weighted by atomic mass is 9.81. The van der Waals surface area contributed by atoms with E-state index in [0.29, 0.717) is 6.07 Å². The van der Waals surface area contributed by atoms with Gasteiger partial charge in [-0.2, -0.15) is 13.2 Å². The molecule has 1 aromatic rings. The summed E-state index contributed by atoms with van der Waals surface area (Å²) in [6.45, 7) is 5.31. The van der Waals surface area contributed by atoms with E-state index in [1.165, 1.54) is 12.1 Å². The molecule has 0 amide bonds. The second-order valence-corrected chi connectivity index (χ2v) is 5.11. The third-order valence-corrected chi connectivity index (χ3v) is 2.61. The molecule has 1 unspecified atom stereocenters. The van der Waals surface area contributed by atoms with Crippen LogP contribution in [-0.2, 0) is 6.18 Å². The number of phenols is 1. The molecular formula is C12H16F3NO. The van der Waals surface area contributed by atoms with Crippen molar-refractivity contribution in [1.29, 1.82) is 0 Å². The Kier molecular flexibility index (Phi) is 3.43. The normalized spacial score (nSPS) is 14.8. The van der Waals surface area contributed by atoms with Crippen molar-refractivity contribution in [3.63, 3.8) is 0 Å². The van der Waals surface area contributed by atoms with Crippen LogP contribution < -0.4 is 5.73 Å². The van der Waals surface area contributed by atoms with E-state index in [9.17, 15) is 13.2 Å². The van der Waals surface area contributed by atoms with Crippen LogP contribution in [0.25, 0.3) is 0 Å². The molecule has 96 valence electrons. The molecule has 1 atom stereocenters. The molecular weight excluding hydrogens is 231 g/mol. The van der Waals surface area contributed by atoms with Crippen molar-refractivity contribution >= 4 is 0 Å². The van der Waals surface area contributed by atoms with E-state index >= 15 is 0 Å². The molecule has 0 spiro atoms. The Morgan fingerprint density at radius 1 is 1.18 bits per heavy atom. The van der Waals surface area contributed by atoms with Gasteiger partial charge in [0.2, 0.25) is 0 Å². The van der Waals surface area contributed by atoms with E-state index in [-0.39, 0.29) is 5.56 Å². The molecule has 17 heavy (non-hydrogen) atoms. The summed E-state index contributed by atoms with van der Waals surface area (Å²) in [5, 5.41) is 9.14. The van der Waals surface area contributed by atoms with Crippen LogP contribution in [0.3, 0.4) is 0 Å². The Hall–Kier alpha value is -1.23. The molecule has 0 aliphatic heterocycles. The Morgan fingerprint density at radius 3 is 2.12 bits per heavy atom. The van der Waals surface area contributed by atoms with Crippen molar-refractivity contribution < 1.29 is 18.3 Å². The minimum absolute atomic E-state index is 0.00259. The molecule has 1 aromatic carbocycles. The van der Waals surface area contributed by atoms with Crippen molar-refractivity contribution in [3.05, 3.63) is 29.3 Å². The molecule has 0 saturated carbocycles. The number of hydrogen-bond acceptors (Lipinski definition) is 2. The lowest BCUT2D eigenvalue weighted by Gasteiger charge is -2.29.